The molecule has 1 aliphatic carbocycles. The van der Waals surface area contributed by atoms with Crippen LogP contribution in [0.25, 0.3) is 21.6 Å². The van der Waals surface area contributed by atoms with E-state index in [1.54, 1.807) is 0 Å². The molecule has 0 bridgehead atoms. The molecule has 0 unspecified atom stereocenters. The van der Waals surface area contributed by atoms with Crippen LogP contribution in [0.15, 0.2) is 53.6 Å². The van der Waals surface area contributed by atoms with Gasteiger partial charge < -0.3 is 15.2 Å². The Morgan fingerprint density at radius 1 is 1.19 bits per heavy atom. The normalized spacial score (nSPS) is 14.3. The maximum atomic E-state index is 12.1. The lowest BCUT2D eigenvalue weighted by Gasteiger charge is -2.19. The molecule has 0 saturated heterocycles. The predicted octanol–water partition coefficient (Wildman–Crippen LogP) is 3.68. The molecule has 0 saturated carbocycles. The topological polar surface area (TPSA) is 124 Å². The Morgan fingerprint density at radius 3 is 2.26 bits per heavy atom. The van der Waals surface area contributed by atoms with Gasteiger partial charge in [0.05, 0.1) is 6.04 Å². The van der Waals surface area contributed by atoms with E-state index in [0.717, 1.165) is 22.3 Å². The number of alkyl carbamates (subject to hydrolysis) is 1. The molecule has 8 nitrogen and oxygen atoms in total. The van der Waals surface area contributed by atoms with Crippen molar-refractivity contribution in [3.8, 4) is 11.1 Å². The Kier molecular flexibility index (Phi) is 5.28. The van der Waals surface area contributed by atoms with E-state index < -0.39 is 24.1 Å². The highest BCUT2D eigenvalue weighted by Crippen LogP contribution is 2.44. The number of amides is 1. The third-order valence-corrected chi connectivity index (χ3v) is 4.60. The number of hydrogen-bond donors (Lipinski definition) is 2. The summed E-state index contributed by atoms with van der Waals surface area (Å²) in [5.74, 6) is -1.43. The fourth-order valence-electron chi connectivity index (χ4n) is 3.30. The van der Waals surface area contributed by atoms with Crippen LogP contribution in [0.4, 0.5) is 4.79 Å². The molecule has 0 radical (unpaired) electrons. The number of fused-ring (bicyclic) bond motifs is 3. The molecule has 1 amide bonds. The number of carbonyl (C=O) groups is 2. The van der Waals surface area contributed by atoms with Crippen LogP contribution >= 0.6 is 0 Å². The molecule has 3 rings (SSSR count). The van der Waals surface area contributed by atoms with Gasteiger partial charge in [-0.2, -0.15) is 0 Å². The molecule has 0 spiro atoms. The van der Waals surface area contributed by atoms with Crippen molar-refractivity contribution in [2.24, 2.45) is 5.11 Å². The van der Waals surface area contributed by atoms with E-state index in [2.05, 4.69) is 15.3 Å². The molecule has 2 N–H and O–H groups in total. The van der Waals surface area contributed by atoms with Crippen molar-refractivity contribution in [1.29, 1.82) is 0 Å². The van der Waals surface area contributed by atoms with Gasteiger partial charge in [0, 0.05) is 10.8 Å². The highest BCUT2D eigenvalue weighted by Gasteiger charge is 2.30. The average molecular weight is 366 g/mol. The molecule has 1 aliphatic rings. The number of benzene rings is 2. The zero-order valence-corrected chi connectivity index (χ0v) is 14.6. The third kappa shape index (κ3) is 3.70. The van der Waals surface area contributed by atoms with Crippen LogP contribution in [0.3, 0.4) is 0 Å². The quantitative estimate of drug-likeness (QED) is 0.459. The van der Waals surface area contributed by atoms with Gasteiger partial charge in [0.15, 0.2) is 0 Å². The van der Waals surface area contributed by atoms with Gasteiger partial charge in [0.1, 0.15) is 12.6 Å². The molecule has 2 aromatic carbocycles. The standard InChI is InChI=1S/C19H18N4O4/c1-11(22-23-20)17(18(24)25)21-19(26)27-10-16-14-8-4-2-6-12(14)13-7-3-5-9-15(13)16/h2-9,11,16-17H,10H2,1H3,(H,21,26)(H,24,25)/t11-,17-/m1/s1. The van der Waals surface area contributed by atoms with Crippen molar-refractivity contribution in [3.05, 3.63) is 70.1 Å². The summed E-state index contributed by atoms with van der Waals surface area (Å²) >= 11 is 0. The van der Waals surface area contributed by atoms with Gasteiger partial charge in [-0.15, -0.1) is 0 Å². The third-order valence-electron chi connectivity index (χ3n) is 4.60. The van der Waals surface area contributed by atoms with Crippen molar-refractivity contribution >= 4 is 12.1 Å². The summed E-state index contributed by atoms with van der Waals surface area (Å²) in [5.41, 5.74) is 12.8. The summed E-state index contributed by atoms with van der Waals surface area (Å²) in [7, 11) is 0. The number of carboxylic acids is 1. The van der Waals surface area contributed by atoms with E-state index in [0.29, 0.717) is 0 Å². The number of nitrogens with one attached hydrogen (secondary N) is 1. The zero-order chi connectivity index (χ0) is 19.4. The van der Waals surface area contributed by atoms with E-state index >= 15 is 0 Å². The number of ether oxygens (including phenoxy) is 1. The van der Waals surface area contributed by atoms with Gasteiger partial charge >= 0.3 is 12.1 Å². The Bertz CT molecular complexity index is 878. The predicted molar refractivity (Wildman–Crippen MR) is 98.2 cm³/mol. The van der Waals surface area contributed by atoms with Crippen LogP contribution < -0.4 is 5.32 Å². The van der Waals surface area contributed by atoms with E-state index in [1.807, 2.05) is 48.5 Å². The fourth-order valence-corrected chi connectivity index (χ4v) is 3.30. The minimum Gasteiger partial charge on any atom is -0.480 e. The molecule has 27 heavy (non-hydrogen) atoms. The van der Waals surface area contributed by atoms with Gasteiger partial charge in [0.2, 0.25) is 0 Å². The molecule has 8 heteroatoms. The summed E-state index contributed by atoms with van der Waals surface area (Å²) in [4.78, 5) is 26.0. The van der Waals surface area contributed by atoms with E-state index in [4.69, 9.17) is 10.3 Å². The van der Waals surface area contributed by atoms with Crippen LogP contribution in [0.5, 0.6) is 0 Å². The number of aliphatic carboxylic acids is 1. The maximum Gasteiger partial charge on any atom is 0.407 e. The smallest absolute Gasteiger partial charge is 0.407 e. The van der Waals surface area contributed by atoms with Gasteiger partial charge in [-0.25, -0.2) is 9.59 Å². The molecular formula is C19H18N4O4. The summed E-state index contributed by atoms with van der Waals surface area (Å²) < 4.78 is 5.30. The van der Waals surface area contributed by atoms with Gasteiger partial charge in [0.25, 0.3) is 0 Å². The van der Waals surface area contributed by atoms with Crippen molar-refractivity contribution in [2.75, 3.05) is 6.61 Å². The molecule has 0 heterocycles. The second-order valence-corrected chi connectivity index (χ2v) is 6.23. The number of hydrogen-bond acceptors (Lipinski definition) is 4. The van der Waals surface area contributed by atoms with Crippen molar-refractivity contribution < 1.29 is 19.4 Å². The minimum atomic E-state index is -1.36. The first-order valence-corrected chi connectivity index (χ1v) is 8.41. The van der Waals surface area contributed by atoms with Crippen LogP contribution in [0.1, 0.15) is 24.0 Å². The molecule has 2 aromatic rings. The van der Waals surface area contributed by atoms with E-state index in [-0.39, 0.29) is 12.5 Å². The van der Waals surface area contributed by atoms with Crippen LogP contribution in [0.2, 0.25) is 0 Å². The molecule has 0 aromatic heterocycles. The first kappa shape index (κ1) is 18.3. The van der Waals surface area contributed by atoms with Gasteiger partial charge in [-0.1, -0.05) is 60.6 Å². The molecule has 0 aliphatic heterocycles. The largest absolute Gasteiger partial charge is 0.480 e. The Balaban J connectivity index is 1.72. The van der Waals surface area contributed by atoms with Crippen LogP contribution in [0, 0.1) is 0 Å². The fraction of sp³-hybridized carbons (Fsp3) is 0.263. The maximum absolute atomic E-state index is 12.1. The monoisotopic (exact) mass is 366 g/mol. The lowest BCUT2D eigenvalue weighted by Crippen LogP contribution is -2.47. The lowest BCUT2D eigenvalue weighted by molar-refractivity contribution is -0.139. The number of nitrogens with zero attached hydrogens (tertiary/aromatic N) is 3. The summed E-state index contributed by atoms with van der Waals surface area (Å²) in [5, 5.41) is 14.8. The van der Waals surface area contributed by atoms with Crippen molar-refractivity contribution in [2.45, 2.75) is 24.9 Å². The number of carboxylic acid groups (broad SMARTS) is 1. The number of carbonyl (C=O) groups excluding carboxylic acids is 1. The minimum absolute atomic E-state index is 0.0715. The molecular weight excluding hydrogens is 348 g/mol. The van der Waals surface area contributed by atoms with Crippen molar-refractivity contribution in [3.63, 3.8) is 0 Å². The zero-order valence-electron chi connectivity index (χ0n) is 14.6. The molecule has 0 fully saturated rings. The van der Waals surface area contributed by atoms with E-state index in [9.17, 15) is 14.7 Å². The Morgan fingerprint density at radius 2 is 1.74 bits per heavy atom. The van der Waals surface area contributed by atoms with Gasteiger partial charge in [-0.05, 0) is 27.8 Å². The average Bonchev–Trinajstić information content (AvgIpc) is 2.98. The molecule has 138 valence electrons. The number of azide groups is 1. The molecule has 2 atom stereocenters. The summed E-state index contributed by atoms with van der Waals surface area (Å²) in [6.07, 6.45) is -0.871. The Labute approximate surface area is 155 Å². The van der Waals surface area contributed by atoms with Gasteiger partial charge in [-0.3, -0.25) is 0 Å². The SMILES string of the molecule is C[C@@H](N=[N+]=[N-])[C@@H](NC(=O)OCC1c2ccccc2-c2ccccc21)C(=O)O. The van der Waals surface area contributed by atoms with E-state index in [1.165, 1.54) is 6.92 Å². The first-order chi connectivity index (χ1) is 13.0. The highest BCUT2D eigenvalue weighted by atomic mass is 16.5. The summed E-state index contributed by atoms with van der Waals surface area (Å²) in [6, 6.07) is 13.5. The summed E-state index contributed by atoms with van der Waals surface area (Å²) in [6.45, 7) is 1.48. The first-order valence-electron chi connectivity index (χ1n) is 8.41. The van der Waals surface area contributed by atoms with Crippen LogP contribution in [-0.2, 0) is 9.53 Å². The van der Waals surface area contributed by atoms with Crippen molar-refractivity contribution in [1.82, 2.24) is 5.32 Å². The second kappa shape index (κ2) is 7.80. The number of rotatable bonds is 6. The Hall–Kier alpha value is -3.51. The second-order valence-electron chi connectivity index (χ2n) is 6.23. The van der Waals surface area contributed by atoms with Crippen LogP contribution in [-0.4, -0.2) is 35.9 Å². The lowest BCUT2D eigenvalue weighted by atomic mass is 9.98. The highest BCUT2D eigenvalue weighted by molar-refractivity contribution is 5.81.